The van der Waals surface area contributed by atoms with Gasteiger partial charge in [0.2, 0.25) is 0 Å². The number of nitrogens with one attached hydrogen (secondary N) is 1. The Bertz CT molecular complexity index is 773. The molecule has 6 nitrogen and oxygen atoms in total. The quantitative estimate of drug-likeness (QED) is 0.765. The molecule has 0 spiro atoms. The lowest BCUT2D eigenvalue weighted by Crippen LogP contribution is -2.57. The van der Waals surface area contributed by atoms with Gasteiger partial charge in [-0.3, -0.25) is 0 Å². The molecule has 0 bridgehead atoms. The second-order valence-electron chi connectivity index (χ2n) is 10.1. The first-order valence-electron chi connectivity index (χ1n) is 11.4. The van der Waals surface area contributed by atoms with Gasteiger partial charge in [-0.15, -0.1) is 0 Å². The van der Waals surface area contributed by atoms with Crippen molar-refractivity contribution in [1.29, 1.82) is 0 Å². The maximum atomic E-state index is 13.5. The van der Waals surface area contributed by atoms with Gasteiger partial charge in [0.05, 0.1) is 44.6 Å². The van der Waals surface area contributed by atoms with Gasteiger partial charge >= 0.3 is 6.03 Å². The molecule has 30 heavy (non-hydrogen) atoms. The fourth-order valence-corrected chi connectivity index (χ4v) is 4.91. The summed E-state index contributed by atoms with van der Waals surface area (Å²) in [6, 6.07) is 5.26. The summed E-state index contributed by atoms with van der Waals surface area (Å²) in [5, 5.41) is 3.63. The van der Waals surface area contributed by atoms with Crippen LogP contribution in [0.4, 0.5) is 4.79 Å². The zero-order valence-corrected chi connectivity index (χ0v) is 19.2. The number of benzene rings is 1. The average molecular weight is 416 g/mol. The molecule has 0 aromatic heterocycles. The van der Waals surface area contributed by atoms with Crippen molar-refractivity contribution < 1.29 is 14.3 Å². The minimum absolute atomic E-state index is 0.0882. The predicted octanol–water partition coefficient (Wildman–Crippen LogP) is 3.23. The van der Waals surface area contributed by atoms with Gasteiger partial charge in [-0.1, -0.05) is 32.9 Å². The Hall–Kier alpha value is -1.63. The Morgan fingerprint density at radius 3 is 2.47 bits per heavy atom. The summed E-state index contributed by atoms with van der Waals surface area (Å²) in [4.78, 5) is 17.5. The van der Waals surface area contributed by atoms with E-state index in [-0.39, 0.29) is 29.6 Å². The monoisotopic (exact) mass is 415 g/mol. The number of amides is 2. The molecule has 3 heterocycles. The molecule has 3 aliphatic heterocycles. The normalized spacial score (nSPS) is 27.7. The van der Waals surface area contributed by atoms with Gasteiger partial charge in [-0.05, 0) is 47.9 Å². The smallest absolute Gasteiger partial charge is 0.320 e. The van der Waals surface area contributed by atoms with E-state index in [1.54, 1.807) is 0 Å². The third kappa shape index (κ3) is 4.23. The molecule has 0 radical (unpaired) electrons. The lowest BCUT2D eigenvalue weighted by atomic mass is 9.80. The van der Waals surface area contributed by atoms with Crippen LogP contribution in [0.1, 0.15) is 62.9 Å². The number of carbonyl (C=O) groups excluding carboxylic acids is 1. The van der Waals surface area contributed by atoms with E-state index in [9.17, 15) is 4.79 Å². The van der Waals surface area contributed by atoms with Crippen molar-refractivity contribution in [1.82, 2.24) is 15.1 Å². The first-order chi connectivity index (χ1) is 14.3. The van der Waals surface area contributed by atoms with Crippen molar-refractivity contribution in [2.45, 2.75) is 71.1 Å². The molecular weight excluding hydrogens is 378 g/mol. The van der Waals surface area contributed by atoms with Crippen LogP contribution in [0.2, 0.25) is 0 Å². The molecule has 166 valence electrons. The molecule has 2 unspecified atom stereocenters. The Kier molecular flexibility index (Phi) is 6.11. The van der Waals surface area contributed by atoms with Crippen LogP contribution in [0.3, 0.4) is 0 Å². The van der Waals surface area contributed by atoms with E-state index in [4.69, 9.17) is 9.47 Å². The minimum Gasteiger partial charge on any atom is -0.378 e. The van der Waals surface area contributed by atoms with E-state index in [1.807, 2.05) is 9.80 Å². The molecule has 0 aliphatic carbocycles. The SMILES string of the molecule is CC1COCC(C)N1C(=O)N1CCc2cc(C(C)(C)C)cc([C@@H]3COCCN3)c2C1. The Morgan fingerprint density at radius 2 is 1.83 bits per heavy atom. The summed E-state index contributed by atoms with van der Waals surface area (Å²) in [6.45, 7) is 15.9. The predicted molar refractivity (Wildman–Crippen MR) is 118 cm³/mol. The van der Waals surface area contributed by atoms with Crippen molar-refractivity contribution >= 4 is 6.03 Å². The third-order valence-electron chi connectivity index (χ3n) is 6.70. The standard InChI is InChI=1S/C24H37N3O3/c1-16-13-30-14-17(2)27(16)23(28)26-8-6-18-10-19(24(3,4)5)11-20(21(18)12-26)22-15-29-9-7-25-22/h10-11,16-17,22,25H,6-9,12-15H2,1-5H3/t16?,17?,22-/m0/s1. The zero-order valence-electron chi connectivity index (χ0n) is 19.2. The van der Waals surface area contributed by atoms with Gasteiger partial charge in [0.15, 0.2) is 0 Å². The summed E-state index contributed by atoms with van der Waals surface area (Å²) in [5.74, 6) is 0. The van der Waals surface area contributed by atoms with Crippen LogP contribution in [0, 0.1) is 0 Å². The fourth-order valence-electron chi connectivity index (χ4n) is 4.91. The molecule has 2 amide bonds. The summed E-state index contributed by atoms with van der Waals surface area (Å²) >= 11 is 0. The lowest BCUT2D eigenvalue weighted by molar-refractivity contribution is -0.0227. The highest BCUT2D eigenvalue weighted by Crippen LogP contribution is 2.34. The highest BCUT2D eigenvalue weighted by atomic mass is 16.5. The molecule has 0 saturated carbocycles. The molecule has 2 fully saturated rings. The van der Waals surface area contributed by atoms with Gasteiger partial charge in [-0.2, -0.15) is 0 Å². The van der Waals surface area contributed by atoms with E-state index >= 15 is 0 Å². The molecule has 1 aromatic rings. The van der Waals surface area contributed by atoms with E-state index in [0.717, 1.165) is 26.1 Å². The van der Waals surface area contributed by atoms with Crippen LogP contribution in [0.25, 0.3) is 0 Å². The van der Waals surface area contributed by atoms with Crippen LogP contribution in [0.15, 0.2) is 12.1 Å². The maximum Gasteiger partial charge on any atom is 0.320 e. The molecule has 2 saturated heterocycles. The molecule has 3 atom stereocenters. The topological polar surface area (TPSA) is 54.0 Å². The second-order valence-corrected chi connectivity index (χ2v) is 10.1. The van der Waals surface area contributed by atoms with E-state index in [1.165, 1.54) is 22.3 Å². The number of rotatable bonds is 1. The Labute approximate surface area is 180 Å². The second kappa shape index (κ2) is 8.48. The van der Waals surface area contributed by atoms with Crippen LogP contribution < -0.4 is 5.32 Å². The molecule has 3 aliphatic rings. The van der Waals surface area contributed by atoms with Gasteiger partial charge in [-0.25, -0.2) is 4.79 Å². The summed E-state index contributed by atoms with van der Waals surface area (Å²) in [5.41, 5.74) is 5.44. The van der Waals surface area contributed by atoms with E-state index in [0.29, 0.717) is 26.4 Å². The van der Waals surface area contributed by atoms with Crippen LogP contribution >= 0.6 is 0 Å². The number of hydrogen-bond acceptors (Lipinski definition) is 4. The van der Waals surface area contributed by atoms with Crippen molar-refractivity contribution in [3.63, 3.8) is 0 Å². The number of fused-ring (bicyclic) bond motifs is 1. The fraction of sp³-hybridized carbons (Fsp3) is 0.708. The van der Waals surface area contributed by atoms with Gasteiger partial charge < -0.3 is 24.6 Å². The van der Waals surface area contributed by atoms with E-state index in [2.05, 4.69) is 52.1 Å². The minimum atomic E-state index is 0.0882. The molecule has 4 rings (SSSR count). The number of urea groups is 1. The summed E-state index contributed by atoms with van der Waals surface area (Å²) in [6.07, 6.45) is 0.901. The van der Waals surface area contributed by atoms with Gasteiger partial charge in [0, 0.05) is 19.6 Å². The molecular formula is C24H37N3O3. The molecule has 1 aromatic carbocycles. The average Bonchev–Trinajstić information content (AvgIpc) is 2.72. The zero-order chi connectivity index (χ0) is 21.5. The molecule has 6 heteroatoms. The van der Waals surface area contributed by atoms with Crippen LogP contribution in [-0.4, -0.2) is 67.4 Å². The van der Waals surface area contributed by atoms with Crippen molar-refractivity contribution in [2.24, 2.45) is 0 Å². The van der Waals surface area contributed by atoms with Crippen LogP contribution in [-0.2, 0) is 27.9 Å². The number of ether oxygens (including phenoxy) is 2. The van der Waals surface area contributed by atoms with Crippen molar-refractivity contribution in [3.8, 4) is 0 Å². The Morgan fingerprint density at radius 1 is 1.10 bits per heavy atom. The third-order valence-corrected chi connectivity index (χ3v) is 6.70. The first kappa shape index (κ1) is 21.6. The summed E-state index contributed by atoms with van der Waals surface area (Å²) in [7, 11) is 0. The molecule has 1 N–H and O–H groups in total. The number of hydrogen-bond donors (Lipinski definition) is 1. The Balaban J connectivity index is 1.65. The number of nitrogens with zero attached hydrogens (tertiary/aromatic N) is 2. The highest BCUT2D eigenvalue weighted by Gasteiger charge is 2.35. The first-order valence-corrected chi connectivity index (χ1v) is 11.4. The summed E-state index contributed by atoms with van der Waals surface area (Å²) < 4.78 is 11.4. The van der Waals surface area contributed by atoms with Gasteiger partial charge in [0.1, 0.15) is 0 Å². The van der Waals surface area contributed by atoms with Gasteiger partial charge in [0.25, 0.3) is 0 Å². The maximum absolute atomic E-state index is 13.5. The van der Waals surface area contributed by atoms with Crippen molar-refractivity contribution in [2.75, 3.05) is 39.5 Å². The van der Waals surface area contributed by atoms with Crippen LogP contribution in [0.5, 0.6) is 0 Å². The van der Waals surface area contributed by atoms with Crippen molar-refractivity contribution in [3.05, 3.63) is 34.4 Å². The lowest BCUT2D eigenvalue weighted by Gasteiger charge is -2.43. The van der Waals surface area contributed by atoms with E-state index < -0.39 is 0 Å². The highest BCUT2D eigenvalue weighted by molar-refractivity contribution is 5.76. The number of morpholine rings is 2. The largest absolute Gasteiger partial charge is 0.378 e. The number of carbonyl (C=O) groups is 1.